The zero-order valence-electron chi connectivity index (χ0n) is 16.8. The molecule has 1 aliphatic rings. The Labute approximate surface area is 175 Å². The minimum Gasteiger partial charge on any atom is -0.298 e. The fraction of sp³-hybridized carbons (Fsp3) is 0.409. The molecule has 0 atom stereocenters. The number of aromatic nitrogens is 3. The Morgan fingerprint density at radius 1 is 1.14 bits per heavy atom. The summed E-state index contributed by atoms with van der Waals surface area (Å²) in [4.78, 5) is 19.9. The van der Waals surface area contributed by atoms with Crippen molar-refractivity contribution in [1.82, 2.24) is 19.7 Å². The van der Waals surface area contributed by atoms with E-state index in [-0.39, 0.29) is 5.91 Å². The van der Waals surface area contributed by atoms with E-state index in [9.17, 15) is 4.79 Å². The van der Waals surface area contributed by atoms with E-state index in [1.165, 1.54) is 36.2 Å². The van der Waals surface area contributed by atoms with E-state index in [4.69, 9.17) is 0 Å². The summed E-state index contributed by atoms with van der Waals surface area (Å²) in [6, 6.07) is 10.2. The standard InChI is InChI=1S/C22H27N5OS/c1-2-20-19(13-23-27(20)14-17-9-5-3-6-10-17)21(28)25-22-24-18(16-29-22)15-26-11-7-4-8-12-26/h3,5-6,9-10,13,16H,2,4,7-8,11-12,14-15H2,1H3,(H,24,25,28). The Morgan fingerprint density at radius 2 is 1.93 bits per heavy atom. The van der Waals surface area contributed by atoms with Gasteiger partial charge < -0.3 is 0 Å². The summed E-state index contributed by atoms with van der Waals surface area (Å²) >= 11 is 1.49. The third kappa shape index (κ3) is 4.92. The van der Waals surface area contributed by atoms with E-state index in [2.05, 4.69) is 39.4 Å². The first-order valence-corrected chi connectivity index (χ1v) is 11.2. The monoisotopic (exact) mass is 409 g/mol. The first-order valence-electron chi connectivity index (χ1n) is 10.3. The van der Waals surface area contributed by atoms with Crippen LogP contribution in [0.2, 0.25) is 0 Å². The van der Waals surface area contributed by atoms with E-state index < -0.39 is 0 Å². The Hall–Kier alpha value is -2.51. The summed E-state index contributed by atoms with van der Waals surface area (Å²) in [5.74, 6) is -0.139. The topological polar surface area (TPSA) is 63.1 Å². The number of likely N-dealkylation sites (tertiary alicyclic amines) is 1. The van der Waals surface area contributed by atoms with Crippen molar-refractivity contribution >= 4 is 22.4 Å². The van der Waals surface area contributed by atoms with Crippen LogP contribution in [0.15, 0.2) is 41.9 Å². The number of piperidine rings is 1. The molecule has 1 aromatic carbocycles. The third-order valence-corrected chi connectivity index (χ3v) is 6.12. The van der Waals surface area contributed by atoms with Gasteiger partial charge in [-0.25, -0.2) is 4.98 Å². The molecule has 2 aromatic heterocycles. The van der Waals surface area contributed by atoms with Gasteiger partial charge in [-0.05, 0) is 37.9 Å². The number of thiazole rings is 1. The number of hydrogen-bond acceptors (Lipinski definition) is 5. The molecule has 0 bridgehead atoms. The van der Waals surface area contributed by atoms with Crippen LogP contribution in [-0.4, -0.2) is 38.7 Å². The zero-order chi connectivity index (χ0) is 20.1. The molecule has 152 valence electrons. The van der Waals surface area contributed by atoms with Gasteiger partial charge in [0.05, 0.1) is 29.7 Å². The molecule has 3 aromatic rings. The first-order chi connectivity index (χ1) is 14.2. The van der Waals surface area contributed by atoms with Gasteiger partial charge in [0.25, 0.3) is 5.91 Å². The normalized spacial score (nSPS) is 14.8. The molecule has 1 amide bonds. The van der Waals surface area contributed by atoms with E-state index in [0.29, 0.717) is 17.2 Å². The van der Waals surface area contributed by atoms with Crippen LogP contribution in [0.3, 0.4) is 0 Å². The van der Waals surface area contributed by atoms with Gasteiger partial charge in [0.15, 0.2) is 5.13 Å². The van der Waals surface area contributed by atoms with Gasteiger partial charge in [0.2, 0.25) is 0 Å². The molecule has 29 heavy (non-hydrogen) atoms. The highest BCUT2D eigenvalue weighted by Gasteiger charge is 2.18. The Kier molecular flexibility index (Phi) is 6.36. The minimum absolute atomic E-state index is 0.139. The maximum Gasteiger partial charge on any atom is 0.260 e. The number of nitrogens with one attached hydrogen (secondary N) is 1. The second-order valence-electron chi connectivity index (χ2n) is 7.44. The lowest BCUT2D eigenvalue weighted by Gasteiger charge is -2.25. The van der Waals surface area contributed by atoms with Crippen LogP contribution in [-0.2, 0) is 19.5 Å². The molecule has 1 N–H and O–H groups in total. The number of rotatable bonds is 7. The van der Waals surface area contributed by atoms with Gasteiger partial charge in [-0.15, -0.1) is 11.3 Å². The summed E-state index contributed by atoms with van der Waals surface area (Å²) in [7, 11) is 0. The quantitative estimate of drug-likeness (QED) is 0.636. The largest absolute Gasteiger partial charge is 0.298 e. The second kappa shape index (κ2) is 9.33. The van der Waals surface area contributed by atoms with Crippen LogP contribution in [0, 0.1) is 0 Å². The fourth-order valence-electron chi connectivity index (χ4n) is 3.81. The summed E-state index contributed by atoms with van der Waals surface area (Å²) in [5.41, 5.74) is 3.76. The van der Waals surface area contributed by atoms with Crippen molar-refractivity contribution in [1.29, 1.82) is 0 Å². The smallest absolute Gasteiger partial charge is 0.260 e. The number of hydrogen-bond donors (Lipinski definition) is 1. The summed E-state index contributed by atoms with van der Waals surface area (Å²) in [6.07, 6.45) is 6.26. The van der Waals surface area contributed by atoms with Crippen molar-refractivity contribution in [3.63, 3.8) is 0 Å². The molecule has 1 saturated heterocycles. The molecule has 6 nitrogen and oxygen atoms in total. The second-order valence-corrected chi connectivity index (χ2v) is 8.29. The molecule has 0 spiro atoms. The molecule has 1 aliphatic heterocycles. The molecule has 4 rings (SSSR count). The van der Waals surface area contributed by atoms with E-state index in [1.54, 1.807) is 6.20 Å². The highest BCUT2D eigenvalue weighted by Crippen LogP contribution is 2.21. The highest BCUT2D eigenvalue weighted by atomic mass is 32.1. The van der Waals surface area contributed by atoms with Gasteiger partial charge in [-0.3, -0.25) is 19.7 Å². The summed E-state index contributed by atoms with van der Waals surface area (Å²) < 4.78 is 1.91. The molecule has 0 unspecified atom stereocenters. The molecule has 0 aliphatic carbocycles. The highest BCUT2D eigenvalue weighted by molar-refractivity contribution is 7.14. The molecular weight excluding hydrogens is 382 g/mol. The number of anilines is 1. The lowest BCUT2D eigenvalue weighted by Crippen LogP contribution is -2.29. The van der Waals surface area contributed by atoms with Crippen molar-refractivity contribution in [3.8, 4) is 0 Å². The molecule has 3 heterocycles. The Balaban J connectivity index is 1.42. The maximum absolute atomic E-state index is 12.9. The Bertz CT molecular complexity index is 943. The fourth-order valence-corrected chi connectivity index (χ4v) is 4.51. The average Bonchev–Trinajstić information content (AvgIpc) is 3.36. The number of nitrogens with zero attached hydrogens (tertiary/aromatic N) is 4. The predicted molar refractivity (Wildman–Crippen MR) is 116 cm³/mol. The van der Waals surface area contributed by atoms with Crippen molar-refractivity contribution in [2.75, 3.05) is 18.4 Å². The maximum atomic E-state index is 12.9. The van der Waals surface area contributed by atoms with Crippen LogP contribution in [0.25, 0.3) is 0 Å². The molecule has 0 saturated carbocycles. The summed E-state index contributed by atoms with van der Waals surface area (Å²) in [6.45, 7) is 5.85. The number of benzene rings is 1. The van der Waals surface area contributed by atoms with Crippen LogP contribution >= 0.6 is 11.3 Å². The number of amides is 1. The van der Waals surface area contributed by atoms with Crippen LogP contribution in [0.5, 0.6) is 0 Å². The van der Waals surface area contributed by atoms with Crippen molar-refractivity contribution < 1.29 is 4.79 Å². The van der Waals surface area contributed by atoms with E-state index >= 15 is 0 Å². The average molecular weight is 410 g/mol. The zero-order valence-corrected chi connectivity index (χ0v) is 17.6. The Morgan fingerprint density at radius 3 is 2.69 bits per heavy atom. The number of carbonyl (C=O) groups is 1. The van der Waals surface area contributed by atoms with Gasteiger partial charge in [0.1, 0.15) is 0 Å². The van der Waals surface area contributed by atoms with E-state index in [1.807, 2.05) is 28.3 Å². The van der Waals surface area contributed by atoms with Crippen molar-refractivity contribution in [2.45, 2.75) is 45.7 Å². The third-order valence-electron chi connectivity index (χ3n) is 5.31. The minimum atomic E-state index is -0.139. The lowest BCUT2D eigenvalue weighted by molar-refractivity contribution is 0.102. The lowest BCUT2D eigenvalue weighted by atomic mass is 10.1. The SMILES string of the molecule is CCc1c(C(=O)Nc2nc(CN3CCCCC3)cs2)cnn1Cc1ccccc1. The number of carbonyl (C=O) groups excluding carboxylic acids is 1. The molecule has 1 fully saturated rings. The molecule has 0 radical (unpaired) electrons. The van der Waals surface area contributed by atoms with Crippen molar-refractivity contribution in [2.24, 2.45) is 0 Å². The van der Waals surface area contributed by atoms with Gasteiger partial charge in [-0.2, -0.15) is 5.10 Å². The van der Waals surface area contributed by atoms with Crippen LogP contribution < -0.4 is 5.32 Å². The first kappa shape index (κ1) is 19.8. The summed E-state index contributed by atoms with van der Waals surface area (Å²) in [5, 5.41) is 10.1. The molecule has 7 heteroatoms. The van der Waals surface area contributed by atoms with Gasteiger partial charge in [-0.1, -0.05) is 43.7 Å². The van der Waals surface area contributed by atoms with Crippen LogP contribution in [0.1, 0.15) is 53.5 Å². The van der Waals surface area contributed by atoms with Crippen LogP contribution in [0.4, 0.5) is 5.13 Å². The predicted octanol–water partition coefficient (Wildman–Crippen LogP) is 4.19. The van der Waals surface area contributed by atoms with E-state index in [0.717, 1.165) is 37.4 Å². The van der Waals surface area contributed by atoms with Gasteiger partial charge >= 0.3 is 0 Å². The van der Waals surface area contributed by atoms with Gasteiger partial charge in [0, 0.05) is 11.9 Å². The van der Waals surface area contributed by atoms with Crippen molar-refractivity contribution in [3.05, 3.63) is 64.4 Å². The molecular formula is C22H27N5OS.